The number of nitrogens with one attached hydrogen (secondary N) is 1. The molecule has 0 saturated heterocycles. The Balaban J connectivity index is 2.06. The van der Waals surface area contributed by atoms with Gasteiger partial charge in [-0.2, -0.15) is 0 Å². The van der Waals surface area contributed by atoms with Gasteiger partial charge in [0, 0.05) is 18.3 Å². The molecule has 4 nitrogen and oxygen atoms in total. The van der Waals surface area contributed by atoms with E-state index in [0.717, 1.165) is 5.69 Å². The van der Waals surface area contributed by atoms with Crippen molar-refractivity contribution in [1.82, 2.24) is 4.98 Å². The van der Waals surface area contributed by atoms with Crippen molar-refractivity contribution in [2.24, 2.45) is 0 Å². The lowest BCUT2D eigenvalue weighted by Gasteiger charge is -2.09. The molecule has 0 unspecified atom stereocenters. The molecule has 2 aromatic rings. The Kier molecular flexibility index (Phi) is 3.88. The number of carbonyl (C=O) groups is 1. The van der Waals surface area contributed by atoms with Crippen LogP contribution in [-0.4, -0.2) is 22.6 Å². The van der Waals surface area contributed by atoms with E-state index in [4.69, 9.17) is 5.11 Å². The third kappa shape index (κ3) is 2.84. The molecule has 1 heterocycles. The summed E-state index contributed by atoms with van der Waals surface area (Å²) in [5.41, 5.74) is 2.59. The van der Waals surface area contributed by atoms with Crippen molar-refractivity contribution in [3.63, 3.8) is 0 Å². The highest BCUT2D eigenvalue weighted by Gasteiger charge is 2.13. The van der Waals surface area contributed by atoms with Crippen LogP contribution in [0.15, 0.2) is 29.1 Å². The minimum Gasteiger partial charge on any atom is -0.478 e. The topological polar surface area (TPSA) is 62.2 Å². The van der Waals surface area contributed by atoms with Crippen LogP contribution in [0.25, 0.3) is 0 Å². The van der Waals surface area contributed by atoms with Gasteiger partial charge in [0.1, 0.15) is 5.82 Å². The van der Waals surface area contributed by atoms with E-state index in [9.17, 15) is 9.18 Å². The Hall–Kier alpha value is -1.95. The molecule has 0 aliphatic heterocycles. The van der Waals surface area contributed by atoms with Crippen LogP contribution < -0.4 is 5.32 Å². The maximum atomic E-state index is 13.5. The van der Waals surface area contributed by atoms with Crippen molar-refractivity contribution < 1.29 is 14.3 Å². The maximum absolute atomic E-state index is 13.5. The number of thiazole rings is 1. The summed E-state index contributed by atoms with van der Waals surface area (Å²) < 4.78 is 13.5. The molecule has 94 valence electrons. The number of aromatic carboxylic acids is 1. The fourth-order valence-electron chi connectivity index (χ4n) is 1.56. The normalized spacial score (nSPS) is 10.3. The molecule has 0 aliphatic carbocycles. The van der Waals surface area contributed by atoms with E-state index in [1.165, 1.54) is 29.5 Å². The van der Waals surface area contributed by atoms with Gasteiger partial charge >= 0.3 is 5.97 Å². The minimum atomic E-state index is -1.15. The maximum Gasteiger partial charge on any atom is 0.337 e. The fourth-order valence-corrected chi connectivity index (χ4v) is 2.15. The first-order valence-corrected chi connectivity index (χ1v) is 6.25. The molecular formula is C12H11FN2O2S. The number of rotatable bonds is 5. The van der Waals surface area contributed by atoms with Crippen LogP contribution >= 0.6 is 11.3 Å². The zero-order valence-electron chi connectivity index (χ0n) is 9.39. The van der Waals surface area contributed by atoms with E-state index in [1.54, 1.807) is 5.51 Å². The Labute approximate surface area is 107 Å². The summed E-state index contributed by atoms with van der Waals surface area (Å²) >= 11 is 1.49. The van der Waals surface area contributed by atoms with Crippen LogP contribution in [0.1, 0.15) is 16.1 Å². The zero-order chi connectivity index (χ0) is 13.0. The van der Waals surface area contributed by atoms with Gasteiger partial charge < -0.3 is 10.4 Å². The van der Waals surface area contributed by atoms with Crippen molar-refractivity contribution in [2.75, 3.05) is 11.9 Å². The summed E-state index contributed by atoms with van der Waals surface area (Å²) in [5.74, 6) is -1.71. The zero-order valence-corrected chi connectivity index (χ0v) is 10.2. The second kappa shape index (κ2) is 5.59. The number of halogens is 1. The number of carboxylic acids is 1. The first-order chi connectivity index (χ1) is 8.68. The van der Waals surface area contributed by atoms with Gasteiger partial charge in [-0.05, 0) is 12.1 Å². The number of hydrogen-bond donors (Lipinski definition) is 2. The summed E-state index contributed by atoms with van der Waals surface area (Å²) in [4.78, 5) is 15.0. The summed E-state index contributed by atoms with van der Waals surface area (Å²) in [6, 6.07) is 3.98. The molecule has 18 heavy (non-hydrogen) atoms. The van der Waals surface area contributed by atoms with Gasteiger partial charge in [-0.3, -0.25) is 0 Å². The Morgan fingerprint density at radius 1 is 1.50 bits per heavy atom. The Bertz CT molecular complexity index is 543. The van der Waals surface area contributed by atoms with Crippen LogP contribution in [0.5, 0.6) is 0 Å². The number of benzene rings is 1. The number of nitrogens with zero attached hydrogens (tertiary/aromatic N) is 1. The molecule has 2 N–H and O–H groups in total. The highest BCUT2D eigenvalue weighted by Crippen LogP contribution is 2.19. The molecule has 0 aliphatic rings. The van der Waals surface area contributed by atoms with E-state index in [1.807, 2.05) is 5.38 Å². The van der Waals surface area contributed by atoms with Crippen LogP contribution in [-0.2, 0) is 6.42 Å². The van der Waals surface area contributed by atoms with Crippen LogP contribution in [0.3, 0.4) is 0 Å². The van der Waals surface area contributed by atoms with Crippen LogP contribution in [0.4, 0.5) is 10.1 Å². The second-order valence-corrected chi connectivity index (χ2v) is 4.34. The van der Waals surface area contributed by atoms with Crippen LogP contribution in [0, 0.1) is 5.82 Å². The van der Waals surface area contributed by atoms with Gasteiger partial charge in [0.15, 0.2) is 0 Å². The predicted octanol–water partition coefficient (Wildman–Crippen LogP) is 2.64. The molecule has 0 radical (unpaired) electrons. The number of hydrogen-bond acceptors (Lipinski definition) is 4. The lowest BCUT2D eigenvalue weighted by molar-refractivity contribution is 0.0697. The number of para-hydroxylation sites is 1. The molecule has 0 amide bonds. The predicted molar refractivity (Wildman–Crippen MR) is 67.7 cm³/mol. The van der Waals surface area contributed by atoms with Gasteiger partial charge in [0.05, 0.1) is 22.5 Å². The molecule has 0 saturated carbocycles. The average molecular weight is 266 g/mol. The smallest absolute Gasteiger partial charge is 0.337 e. The number of carboxylic acid groups (broad SMARTS) is 1. The Morgan fingerprint density at radius 3 is 3.00 bits per heavy atom. The minimum absolute atomic E-state index is 0.0280. The highest BCUT2D eigenvalue weighted by molar-refractivity contribution is 7.07. The lowest BCUT2D eigenvalue weighted by Crippen LogP contribution is -2.11. The first-order valence-electron chi connectivity index (χ1n) is 5.31. The summed E-state index contributed by atoms with van der Waals surface area (Å²) in [5, 5.41) is 13.7. The molecule has 0 bridgehead atoms. The number of aromatic nitrogens is 1. The Morgan fingerprint density at radius 2 is 2.33 bits per heavy atom. The molecule has 0 fully saturated rings. The van der Waals surface area contributed by atoms with Crippen molar-refractivity contribution in [3.8, 4) is 0 Å². The van der Waals surface area contributed by atoms with Crippen molar-refractivity contribution in [3.05, 3.63) is 46.2 Å². The summed E-state index contributed by atoms with van der Waals surface area (Å²) in [7, 11) is 0. The van der Waals surface area contributed by atoms with Gasteiger partial charge in [0.25, 0.3) is 0 Å². The summed E-state index contributed by atoms with van der Waals surface area (Å²) in [6.07, 6.45) is 0.622. The SMILES string of the molecule is O=C(O)c1cccc(F)c1NCCc1cscn1. The van der Waals surface area contributed by atoms with E-state index in [-0.39, 0.29) is 11.3 Å². The van der Waals surface area contributed by atoms with E-state index in [2.05, 4.69) is 10.3 Å². The molecular weight excluding hydrogens is 255 g/mol. The van der Waals surface area contributed by atoms with Gasteiger partial charge in [-0.1, -0.05) is 6.07 Å². The molecule has 0 spiro atoms. The number of anilines is 1. The van der Waals surface area contributed by atoms with Crippen molar-refractivity contribution >= 4 is 23.0 Å². The standard InChI is InChI=1S/C12H11FN2O2S/c13-10-3-1-2-9(12(16)17)11(10)14-5-4-8-6-18-7-15-8/h1-3,6-7,14H,4-5H2,(H,16,17). The molecule has 6 heteroatoms. The largest absolute Gasteiger partial charge is 0.478 e. The van der Waals surface area contributed by atoms with E-state index < -0.39 is 11.8 Å². The average Bonchev–Trinajstić information content (AvgIpc) is 2.84. The van der Waals surface area contributed by atoms with Crippen LogP contribution in [0.2, 0.25) is 0 Å². The van der Waals surface area contributed by atoms with E-state index in [0.29, 0.717) is 13.0 Å². The third-order valence-corrected chi connectivity index (χ3v) is 3.05. The third-order valence-electron chi connectivity index (χ3n) is 2.41. The first kappa shape index (κ1) is 12.5. The summed E-state index contributed by atoms with van der Waals surface area (Å²) in [6.45, 7) is 0.435. The van der Waals surface area contributed by atoms with Gasteiger partial charge in [-0.25, -0.2) is 14.2 Å². The second-order valence-electron chi connectivity index (χ2n) is 3.62. The molecule has 1 aromatic heterocycles. The van der Waals surface area contributed by atoms with Crippen molar-refractivity contribution in [2.45, 2.75) is 6.42 Å². The monoisotopic (exact) mass is 266 g/mol. The molecule has 1 aromatic carbocycles. The van der Waals surface area contributed by atoms with Gasteiger partial charge in [0.2, 0.25) is 0 Å². The lowest BCUT2D eigenvalue weighted by atomic mass is 10.1. The van der Waals surface area contributed by atoms with E-state index >= 15 is 0 Å². The molecule has 0 atom stereocenters. The highest BCUT2D eigenvalue weighted by atomic mass is 32.1. The quantitative estimate of drug-likeness (QED) is 0.873. The fraction of sp³-hybridized carbons (Fsp3) is 0.167. The molecule has 2 rings (SSSR count). The van der Waals surface area contributed by atoms with Gasteiger partial charge in [-0.15, -0.1) is 11.3 Å². The van der Waals surface area contributed by atoms with Crippen molar-refractivity contribution in [1.29, 1.82) is 0 Å².